The lowest BCUT2D eigenvalue weighted by molar-refractivity contribution is -0.131. The smallest absolute Gasteiger partial charge is 0.410 e. The average Bonchev–Trinajstić information content (AvgIpc) is 3.58. The van der Waals surface area contributed by atoms with Gasteiger partial charge in [-0.1, -0.05) is 146 Å². The third-order valence-corrected chi connectivity index (χ3v) is 10.8. The van der Waals surface area contributed by atoms with E-state index < -0.39 is 17.7 Å². The summed E-state index contributed by atoms with van der Waals surface area (Å²) in [5.41, 5.74) is 7.63. The van der Waals surface area contributed by atoms with Crippen molar-refractivity contribution in [2.45, 2.75) is 24.5 Å². The molecule has 6 aromatic rings. The van der Waals surface area contributed by atoms with Crippen molar-refractivity contribution in [1.29, 1.82) is 0 Å². The molecule has 7 rings (SSSR count). The molecule has 1 aliphatic carbocycles. The molecular weight excluding hydrogens is 711 g/mol. The molecule has 0 radical (unpaired) electrons. The van der Waals surface area contributed by atoms with E-state index in [0.717, 1.165) is 44.5 Å². The zero-order valence-corrected chi connectivity index (χ0v) is 32.8. The van der Waals surface area contributed by atoms with Gasteiger partial charge >= 0.3 is 6.09 Å². The third kappa shape index (κ3) is 8.42. The van der Waals surface area contributed by atoms with E-state index in [0.29, 0.717) is 37.6 Å². The second kappa shape index (κ2) is 18.0. The molecule has 0 spiro atoms. The quantitative estimate of drug-likeness (QED) is 0.0994. The third-order valence-electron chi connectivity index (χ3n) is 10.8. The molecule has 0 aromatic heterocycles. The van der Waals surface area contributed by atoms with Crippen molar-refractivity contribution in [2.75, 3.05) is 47.4 Å². The molecule has 1 N–H and O–H groups in total. The van der Waals surface area contributed by atoms with Gasteiger partial charge in [0.1, 0.15) is 0 Å². The first kappa shape index (κ1) is 38.9. The summed E-state index contributed by atoms with van der Waals surface area (Å²) in [6.45, 7) is 1.50. The van der Waals surface area contributed by atoms with Gasteiger partial charge < -0.3 is 24.0 Å². The Morgan fingerprint density at radius 3 is 1.65 bits per heavy atom. The number of nitrogens with one attached hydrogen (secondary N) is 1. The molecule has 0 fully saturated rings. The number of amides is 2. The number of carbonyl (C=O) groups excluding carboxylic acids is 2. The molecule has 0 atom stereocenters. The maximum atomic E-state index is 14.2. The zero-order valence-electron chi connectivity index (χ0n) is 32.8. The van der Waals surface area contributed by atoms with Gasteiger partial charge in [0, 0.05) is 50.8 Å². The van der Waals surface area contributed by atoms with E-state index in [1.54, 1.807) is 26.2 Å². The van der Waals surface area contributed by atoms with Crippen LogP contribution < -0.4 is 14.8 Å². The molecule has 57 heavy (non-hydrogen) atoms. The van der Waals surface area contributed by atoms with Crippen LogP contribution >= 0.6 is 0 Å². The van der Waals surface area contributed by atoms with Gasteiger partial charge in [0.2, 0.25) is 5.91 Å². The van der Waals surface area contributed by atoms with Gasteiger partial charge in [0.25, 0.3) is 0 Å². The van der Waals surface area contributed by atoms with Crippen molar-refractivity contribution < 1.29 is 23.8 Å². The van der Waals surface area contributed by atoms with E-state index in [1.165, 1.54) is 0 Å². The molecule has 0 unspecified atom stereocenters. The van der Waals surface area contributed by atoms with Gasteiger partial charge in [0.05, 0.1) is 19.8 Å². The molecule has 8 heteroatoms. The number of likely N-dealkylation sites (N-methyl/N-ethyl adjacent to an activating group) is 1. The predicted molar refractivity (Wildman–Crippen MR) is 224 cm³/mol. The predicted octanol–water partition coefficient (Wildman–Crippen LogP) is 8.89. The summed E-state index contributed by atoms with van der Waals surface area (Å²) < 4.78 is 17.1. The van der Waals surface area contributed by atoms with E-state index >= 15 is 0 Å². The van der Waals surface area contributed by atoms with Crippen LogP contribution in [-0.4, -0.2) is 69.2 Å². The van der Waals surface area contributed by atoms with Crippen LogP contribution in [0.3, 0.4) is 0 Å². The van der Waals surface area contributed by atoms with Crippen molar-refractivity contribution in [3.63, 3.8) is 0 Å². The normalized spacial score (nSPS) is 12.0. The van der Waals surface area contributed by atoms with Gasteiger partial charge in [0.15, 0.2) is 17.6 Å². The summed E-state index contributed by atoms with van der Waals surface area (Å²) in [4.78, 5) is 31.3. The highest BCUT2D eigenvalue weighted by Crippen LogP contribution is 2.45. The number of fused-ring (bicyclic) bond motifs is 3. The molecule has 1 aliphatic rings. The number of hydrogen-bond acceptors (Lipinski definition) is 6. The van der Waals surface area contributed by atoms with Gasteiger partial charge in [-0.15, -0.1) is 0 Å². The highest BCUT2D eigenvalue weighted by molar-refractivity contribution is 5.80. The van der Waals surface area contributed by atoms with E-state index in [2.05, 4.69) is 90.2 Å². The van der Waals surface area contributed by atoms with Crippen molar-refractivity contribution in [2.24, 2.45) is 0 Å². The second-order valence-electron chi connectivity index (χ2n) is 14.2. The summed E-state index contributed by atoms with van der Waals surface area (Å²) in [7, 11) is 4.94. The first-order valence-corrected chi connectivity index (χ1v) is 19.4. The molecule has 0 heterocycles. The number of benzene rings is 6. The molecule has 6 aromatic carbocycles. The molecule has 8 nitrogen and oxygen atoms in total. The standard InChI is InChI=1S/C49H49N3O5/c1-51(48(54)57-47-42-25-15-13-23-40(42)41-24-14-16-26-43(41)47)33-34-52(46(53)30-28-36-27-29-44(55-2)45(35-36)56-3)32-31-50-49(37-17-7-4-8-18-37,38-19-9-5-10-20-38)39-21-11-6-12-22-39/h4-27,29,35,47,50H,28,30-34H2,1-3H3. The molecule has 0 saturated heterocycles. The maximum Gasteiger partial charge on any atom is 0.410 e. The number of nitrogens with zero attached hydrogens (tertiary/aromatic N) is 2. The van der Waals surface area contributed by atoms with Gasteiger partial charge in [-0.25, -0.2) is 4.79 Å². The Balaban J connectivity index is 1.11. The van der Waals surface area contributed by atoms with Crippen LogP contribution in [-0.2, 0) is 21.5 Å². The van der Waals surface area contributed by atoms with Crippen LogP contribution in [0.2, 0.25) is 0 Å². The van der Waals surface area contributed by atoms with Crippen molar-refractivity contribution in [3.8, 4) is 22.6 Å². The molecule has 0 aliphatic heterocycles. The highest BCUT2D eigenvalue weighted by atomic mass is 16.6. The zero-order chi connectivity index (χ0) is 39.6. The summed E-state index contributed by atoms with van der Waals surface area (Å²) >= 11 is 0. The first-order chi connectivity index (χ1) is 27.9. The van der Waals surface area contributed by atoms with Crippen LogP contribution in [0.4, 0.5) is 4.79 Å². The Labute approximate surface area is 335 Å². The summed E-state index contributed by atoms with van der Waals surface area (Å²) in [5.74, 6) is 1.24. The van der Waals surface area contributed by atoms with Gasteiger partial charge in [-0.2, -0.15) is 0 Å². The Bertz CT molecular complexity index is 2120. The van der Waals surface area contributed by atoms with Gasteiger partial charge in [-0.3, -0.25) is 10.1 Å². The van der Waals surface area contributed by atoms with Crippen LogP contribution in [0.5, 0.6) is 11.5 Å². The summed E-state index contributed by atoms with van der Waals surface area (Å²) in [6, 6.07) is 53.1. The fourth-order valence-corrected chi connectivity index (χ4v) is 7.84. The van der Waals surface area contributed by atoms with E-state index in [-0.39, 0.29) is 18.9 Å². The maximum absolute atomic E-state index is 14.2. The Morgan fingerprint density at radius 1 is 0.614 bits per heavy atom. The fourth-order valence-electron chi connectivity index (χ4n) is 7.84. The van der Waals surface area contributed by atoms with E-state index in [9.17, 15) is 9.59 Å². The van der Waals surface area contributed by atoms with E-state index in [4.69, 9.17) is 14.2 Å². The SMILES string of the molecule is COc1ccc(CCC(=O)N(CCNC(c2ccccc2)(c2ccccc2)c2ccccc2)CCN(C)C(=O)OC2c3ccccc3-c3ccccc32)cc1OC. The van der Waals surface area contributed by atoms with Gasteiger partial charge in [-0.05, 0) is 51.9 Å². The number of rotatable bonds is 16. The lowest BCUT2D eigenvalue weighted by Crippen LogP contribution is -2.49. The molecular formula is C49H49N3O5. The summed E-state index contributed by atoms with van der Waals surface area (Å²) in [6.07, 6.45) is -0.152. The largest absolute Gasteiger partial charge is 0.493 e. The van der Waals surface area contributed by atoms with Crippen LogP contribution in [0, 0.1) is 0 Å². The topological polar surface area (TPSA) is 80.3 Å². The first-order valence-electron chi connectivity index (χ1n) is 19.4. The second-order valence-corrected chi connectivity index (χ2v) is 14.2. The Morgan fingerprint density at radius 2 is 1.12 bits per heavy atom. The monoisotopic (exact) mass is 759 g/mol. The Kier molecular flexibility index (Phi) is 12.3. The lowest BCUT2D eigenvalue weighted by atomic mass is 9.77. The molecule has 290 valence electrons. The average molecular weight is 760 g/mol. The van der Waals surface area contributed by atoms with Crippen LogP contribution in [0.1, 0.15) is 45.9 Å². The van der Waals surface area contributed by atoms with Crippen molar-refractivity contribution >= 4 is 12.0 Å². The number of carbonyl (C=O) groups is 2. The Hall–Kier alpha value is -6.38. The number of hydrogen-bond donors (Lipinski definition) is 1. The minimum Gasteiger partial charge on any atom is -0.493 e. The molecule has 2 amide bonds. The fraction of sp³-hybridized carbons (Fsp3) is 0.224. The minimum atomic E-state index is -0.688. The minimum absolute atomic E-state index is 0.0169. The lowest BCUT2D eigenvalue weighted by Gasteiger charge is -2.38. The number of aryl methyl sites for hydroxylation is 1. The summed E-state index contributed by atoms with van der Waals surface area (Å²) in [5, 5.41) is 3.92. The molecule has 0 saturated carbocycles. The van der Waals surface area contributed by atoms with Crippen molar-refractivity contribution in [1.82, 2.24) is 15.1 Å². The molecule has 0 bridgehead atoms. The van der Waals surface area contributed by atoms with Crippen molar-refractivity contribution in [3.05, 3.63) is 191 Å². The number of ether oxygens (including phenoxy) is 3. The van der Waals surface area contributed by atoms with Crippen LogP contribution in [0.15, 0.2) is 158 Å². The number of methoxy groups -OCH3 is 2. The van der Waals surface area contributed by atoms with E-state index in [1.807, 2.05) is 77.7 Å². The van der Waals surface area contributed by atoms with Crippen LogP contribution in [0.25, 0.3) is 11.1 Å². The highest BCUT2D eigenvalue weighted by Gasteiger charge is 2.36.